The van der Waals surface area contributed by atoms with Crippen molar-refractivity contribution in [1.29, 1.82) is 0 Å². The van der Waals surface area contributed by atoms with Crippen LogP contribution in [0, 0.1) is 5.92 Å². The number of hydrogen-bond acceptors (Lipinski definition) is 4. The lowest BCUT2D eigenvalue weighted by Gasteiger charge is -2.15. The van der Waals surface area contributed by atoms with E-state index < -0.39 is 0 Å². The van der Waals surface area contributed by atoms with Gasteiger partial charge in [0.15, 0.2) is 0 Å². The third kappa shape index (κ3) is 3.83. The molecule has 1 aromatic carbocycles. The molecule has 3 rings (SSSR count). The normalized spacial score (nSPS) is 20.4. The molecule has 0 bridgehead atoms. The third-order valence-electron chi connectivity index (χ3n) is 4.22. The van der Waals surface area contributed by atoms with Crippen molar-refractivity contribution >= 4 is 29.3 Å². The highest BCUT2D eigenvalue weighted by Gasteiger charge is 2.25. The lowest BCUT2D eigenvalue weighted by Crippen LogP contribution is -2.36. The fourth-order valence-corrected chi connectivity index (χ4v) is 2.94. The molecule has 1 fully saturated rings. The Labute approximate surface area is 141 Å². The Morgan fingerprint density at radius 2 is 2.22 bits per heavy atom. The van der Waals surface area contributed by atoms with Crippen LogP contribution >= 0.6 is 12.4 Å². The maximum absolute atomic E-state index is 12.2. The number of nitrogens with zero attached hydrogens (tertiary/aromatic N) is 2. The van der Waals surface area contributed by atoms with Crippen LogP contribution in [-0.4, -0.2) is 46.3 Å². The van der Waals surface area contributed by atoms with Crippen molar-refractivity contribution in [2.24, 2.45) is 5.92 Å². The van der Waals surface area contributed by atoms with E-state index in [0.717, 1.165) is 29.8 Å². The minimum Gasteiger partial charge on any atom is -0.391 e. The number of benzene rings is 1. The van der Waals surface area contributed by atoms with Crippen molar-refractivity contribution in [2.75, 3.05) is 19.6 Å². The number of aryl methyl sites for hydroxylation is 1. The van der Waals surface area contributed by atoms with Crippen LogP contribution in [0.25, 0.3) is 11.0 Å². The van der Waals surface area contributed by atoms with E-state index in [1.165, 1.54) is 0 Å². The maximum atomic E-state index is 12.2. The summed E-state index contributed by atoms with van der Waals surface area (Å²) in [6, 6.07) is 7.86. The Bertz CT molecular complexity index is 673. The number of imidazole rings is 1. The van der Waals surface area contributed by atoms with Crippen molar-refractivity contribution in [3.8, 4) is 0 Å². The molecule has 0 spiro atoms. The van der Waals surface area contributed by atoms with E-state index in [1.807, 2.05) is 35.8 Å². The molecular weight excluding hydrogens is 316 g/mol. The third-order valence-corrected chi connectivity index (χ3v) is 4.22. The largest absolute Gasteiger partial charge is 0.391 e. The summed E-state index contributed by atoms with van der Waals surface area (Å²) in [4.78, 5) is 16.8. The Morgan fingerprint density at radius 3 is 2.91 bits per heavy atom. The first-order valence-corrected chi connectivity index (χ1v) is 7.78. The molecule has 1 saturated heterocycles. The summed E-state index contributed by atoms with van der Waals surface area (Å²) in [5.74, 6) is 0.963. The Morgan fingerprint density at radius 1 is 1.43 bits per heavy atom. The van der Waals surface area contributed by atoms with Gasteiger partial charge in [0.1, 0.15) is 12.4 Å². The van der Waals surface area contributed by atoms with Gasteiger partial charge in [-0.1, -0.05) is 19.1 Å². The number of β-amino-alcohol motifs (C(OH)–C–C–N with tert-alkyl or cyclic N) is 1. The lowest BCUT2D eigenvalue weighted by molar-refractivity contribution is -0.121. The fourth-order valence-electron chi connectivity index (χ4n) is 2.94. The van der Waals surface area contributed by atoms with Gasteiger partial charge in [-0.05, 0) is 12.1 Å². The highest BCUT2D eigenvalue weighted by atomic mass is 35.5. The maximum Gasteiger partial charge on any atom is 0.240 e. The molecule has 0 radical (unpaired) electrons. The van der Waals surface area contributed by atoms with Gasteiger partial charge in [-0.25, -0.2) is 4.98 Å². The van der Waals surface area contributed by atoms with Crippen molar-refractivity contribution in [3.05, 3.63) is 30.1 Å². The van der Waals surface area contributed by atoms with Gasteiger partial charge in [0, 0.05) is 32.0 Å². The SMILES string of the molecule is CCc1nc2ccccc2n1CC(=O)NCC1CNCC1O.Cl. The molecule has 2 atom stereocenters. The molecule has 1 aromatic heterocycles. The molecule has 2 aromatic rings. The molecule has 2 heterocycles. The molecule has 0 saturated carbocycles. The first-order valence-electron chi connectivity index (χ1n) is 7.78. The molecule has 1 aliphatic heterocycles. The van der Waals surface area contributed by atoms with Crippen LogP contribution in [0.15, 0.2) is 24.3 Å². The lowest BCUT2D eigenvalue weighted by atomic mass is 10.1. The first-order chi connectivity index (χ1) is 10.7. The van der Waals surface area contributed by atoms with E-state index in [2.05, 4.69) is 15.6 Å². The average molecular weight is 339 g/mol. The summed E-state index contributed by atoms with van der Waals surface area (Å²) >= 11 is 0. The van der Waals surface area contributed by atoms with Gasteiger partial charge in [0.2, 0.25) is 5.91 Å². The molecular formula is C16H23ClN4O2. The van der Waals surface area contributed by atoms with E-state index in [9.17, 15) is 9.90 Å². The van der Waals surface area contributed by atoms with Crippen LogP contribution in [0.4, 0.5) is 0 Å². The van der Waals surface area contributed by atoms with Crippen LogP contribution in [0.2, 0.25) is 0 Å². The number of aliphatic hydroxyl groups excluding tert-OH is 1. The van der Waals surface area contributed by atoms with Crippen LogP contribution in [0.5, 0.6) is 0 Å². The number of nitrogens with one attached hydrogen (secondary N) is 2. The number of fused-ring (bicyclic) bond motifs is 1. The highest BCUT2D eigenvalue weighted by molar-refractivity contribution is 5.85. The number of hydrogen-bond donors (Lipinski definition) is 3. The summed E-state index contributed by atoms with van der Waals surface area (Å²) in [6.07, 6.45) is 0.410. The smallest absolute Gasteiger partial charge is 0.240 e. The van der Waals surface area contributed by atoms with Gasteiger partial charge >= 0.3 is 0 Å². The summed E-state index contributed by atoms with van der Waals surface area (Å²) in [5.41, 5.74) is 1.90. The average Bonchev–Trinajstić information content (AvgIpc) is 3.09. The molecule has 1 amide bonds. The van der Waals surface area contributed by atoms with Gasteiger partial charge in [0.05, 0.1) is 17.1 Å². The van der Waals surface area contributed by atoms with Gasteiger partial charge < -0.3 is 20.3 Å². The molecule has 1 aliphatic rings. The number of aliphatic hydroxyl groups is 1. The minimum absolute atomic E-state index is 0. The van der Waals surface area contributed by atoms with E-state index in [0.29, 0.717) is 13.1 Å². The zero-order valence-corrected chi connectivity index (χ0v) is 14.0. The number of rotatable bonds is 5. The Kier molecular flexibility index (Phi) is 5.98. The highest BCUT2D eigenvalue weighted by Crippen LogP contribution is 2.16. The first kappa shape index (κ1) is 17.7. The van der Waals surface area contributed by atoms with Crippen LogP contribution < -0.4 is 10.6 Å². The second-order valence-corrected chi connectivity index (χ2v) is 5.75. The zero-order valence-electron chi connectivity index (χ0n) is 13.2. The number of para-hydroxylation sites is 2. The van der Waals surface area contributed by atoms with Crippen LogP contribution in [0.3, 0.4) is 0 Å². The number of halogens is 1. The van der Waals surface area contributed by atoms with E-state index in [1.54, 1.807) is 0 Å². The van der Waals surface area contributed by atoms with Gasteiger partial charge in [-0.15, -0.1) is 12.4 Å². The molecule has 3 N–H and O–H groups in total. The molecule has 2 unspecified atom stereocenters. The van der Waals surface area contributed by atoms with Crippen LogP contribution in [0.1, 0.15) is 12.7 Å². The fraction of sp³-hybridized carbons (Fsp3) is 0.500. The molecule has 126 valence electrons. The van der Waals surface area contributed by atoms with Gasteiger partial charge in [0.25, 0.3) is 0 Å². The second kappa shape index (κ2) is 7.77. The predicted octanol–water partition coefficient (Wildman–Crippen LogP) is 0.717. The number of carbonyl (C=O) groups excluding carboxylic acids is 1. The molecule has 6 nitrogen and oxygen atoms in total. The molecule has 7 heteroatoms. The predicted molar refractivity (Wildman–Crippen MR) is 91.7 cm³/mol. The standard InChI is InChI=1S/C16H22N4O2.ClH/c1-2-15-19-12-5-3-4-6-13(12)20(15)10-16(22)18-8-11-7-17-9-14(11)21;/h3-6,11,14,17,21H,2,7-10H2,1H3,(H,18,22);1H. The number of carbonyl (C=O) groups is 1. The molecule has 23 heavy (non-hydrogen) atoms. The Balaban J connectivity index is 0.00000192. The monoisotopic (exact) mass is 338 g/mol. The van der Waals surface area contributed by atoms with Crippen molar-refractivity contribution in [2.45, 2.75) is 26.0 Å². The minimum atomic E-state index is -0.374. The van der Waals surface area contributed by atoms with Crippen LogP contribution in [-0.2, 0) is 17.8 Å². The quantitative estimate of drug-likeness (QED) is 0.750. The summed E-state index contributed by atoms with van der Waals surface area (Å²) in [7, 11) is 0. The zero-order chi connectivity index (χ0) is 15.5. The number of amides is 1. The van der Waals surface area contributed by atoms with E-state index in [4.69, 9.17) is 0 Å². The molecule has 0 aliphatic carbocycles. The van der Waals surface area contributed by atoms with Crippen molar-refractivity contribution in [3.63, 3.8) is 0 Å². The Hall–Kier alpha value is -1.63. The van der Waals surface area contributed by atoms with Gasteiger partial charge in [-0.2, -0.15) is 0 Å². The van der Waals surface area contributed by atoms with E-state index in [-0.39, 0.29) is 36.9 Å². The topological polar surface area (TPSA) is 79.2 Å². The second-order valence-electron chi connectivity index (χ2n) is 5.75. The van der Waals surface area contributed by atoms with Crippen molar-refractivity contribution in [1.82, 2.24) is 20.2 Å². The van der Waals surface area contributed by atoms with Gasteiger partial charge in [-0.3, -0.25) is 4.79 Å². The summed E-state index contributed by atoms with van der Waals surface area (Å²) in [5, 5.41) is 15.8. The van der Waals surface area contributed by atoms with Crippen molar-refractivity contribution < 1.29 is 9.90 Å². The van der Waals surface area contributed by atoms with E-state index >= 15 is 0 Å². The summed E-state index contributed by atoms with van der Waals surface area (Å²) < 4.78 is 1.97. The number of aromatic nitrogens is 2. The summed E-state index contributed by atoms with van der Waals surface area (Å²) in [6.45, 7) is 4.15.